The summed E-state index contributed by atoms with van der Waals surface area (Å²) in [6, 6.07) is 18.4. The van der Waals surface area contributed by atoms with E-state index in [1.165, 1.54) is 6.20 Å². The zero-order valence-corrected chi connectivity index (χ0v) is 10.9. The van der Waals surface area contributed by atoms with Crippen LogP contribution in [-0.2, 0) is 0 Å². The number of hydrogen-bond donors (Lipinski definition) is 0. The number of hydrogen-bond acceptors (Lipinski definition) is 4. The SMILES string of the molecule is N#Cc1ccc(Oc2c(C#N)cnc3ccccc23)cc1. The van der Waals surface area contributed by atoms with Gasteiger partial charge in [0.1, 0.15) is 17.4 Å². The van der Waals surface area contributed by atoms with Crippen LogP contribution in [0.25, 0.3) is 10.9 Å². The van der Waals surface area contributed by atoms with E-state index in [9.17, 15) is 5.26 Å². The van der Waals surface area contributed by atoms with E-state index in [4.69, 9.17) is 10.00 Å². The van der Waals surface area contributed by atoms with Gasteiger partial charge in [-0.3, -0.25) is 4.98 Å². The smallest absolute Gasteiger partial charge is 0.156 e. The predicted molar refractivity (Wildman–Crippen MR) is 77.7 cm³/mol. The van der Waals surface area contributed by atoms with E-state index >= 15 is 0 Å². The van der Waals surface area contributed by atoms with Crippen molar-refractivity contribution in [2.24, 2.45) is 0 Å². The molecule has 98 valence electrons. The van der Waals surface area contributed by atoms with Crippen molar-refractivity contribution >= 4 is 10.9 Å². The number of nitriles is 2. The molecular weight excluding hydrogens is 262 g/mol. The van der Waals surface area contributed by atoms with Crippen molar-refractivity contribution in [3.8, 4) is 23.6 Å². The van der Waals surface area contributed by atoms with Gasteiger partial charge in [0.05, 0.1) is 17.1 Å². The van der Waals surface area contributed by atoms with Gasteiger partial charge in [-0.25, -0.2) is 0 Å². The number of pyridine rings is 1. The summed E-state index contributed by atoms with van der Waals surface area (Å²) in [5.41, 5.74) is 1.70. The third-order valence-electron chi connectivity index (χ3n) is 3.05. The van der Waals surface area contributed by atoms with Gasteiger partial charge >= 0.3 is 0 Å². The fourth-order valence-corrected chi connectivity index (χ4v) is 2.02. The van der Waals surface area contributed by atoms with E-state index in [1.807, 2.05) is 24.3 Å². The molecule has 0 fully saturated rings. The minimum Gasteiger partial charge on any atom is -0.455 e. The van der Waals surface area contributed by atoms with Crippen LogP contribution >= 0.6 is 0 Å². The Morgan fingerprint density at radius 2 is 1.67 bits per heavy atom. The van der Waals surface area contributed by atoms with Crippen molar-refractivity contribution in [2.45, 2.75) is 0 Å². The number of benzene rings is 2. The maximum atomic E-state index is 9.23. The summed E-state index contributed by atoms with van der Waals surface area (Å²) in [5.74, 6) is 1.05. The Kier molecular flexibility index (Phi) is 3.21. The van der Waals surface area contributed by atoms with Gasteiger partial charge in [-0.05, 0) is 36.4 Å². The molecule has 0 bridgehead atoms. The third kappa shape index (κ3) is 2.39. The van der Waals surface area contributed by atoms with E-state index in [1.54, 1.807) is 24.3 Å². The third-order valence-corrected chi connectivity index (χ3v) is 3.05. The molecule has 0 radical (unpaired) electrons. The van der Waals surface area contributed by atoms with Crippen molar-refractivity contribution in [3.05, 3.63) is 65.9 Å². The van der Waals surface area contributed by atoms with Crippen LogP contribution in [-0.4, -0.2) is 4.98 Å². The number of aromatic nitrogens is 1. The van der Waals surface area contributed by atoms with Gasteiger partial charge in [-0.2, -0.15) is 10.5 Å². The molecule has 0 saturated heterocycles. The van der Waals surface area contributed by atoms with E-state index in [0.717, 1.165) is 10.9 Å². The highest BCUT2D eigenvalue weighted by atomic mass is 16.5. The molecular formula is C17H9N3O. The van der Waals surface area contributed by atoms with E-state index < -0.39 is 0 Å². The average Bonchev–Trinajstić information content (AvgIpc) is 2.56. The molecule has 4 heteroatoms. The van der Waals surface area contributed by atoms with Gasteiger partial charge in [-0.15, -0.1) is 0 Å². The highest BCUT2D eigenvalue weighted by Gasteiger charge is 2.10. The van der Waals surface area contributed by atoms with Crippen molar-refractivity contribution in [1.29, 1.82) is 10.5 Å². The molecule has 4 nitrogen and oxygen atoms in total. The molecule has 0 saturated carbocycles. The Morgan fingerprint density at radius 1 is 0.905 bits per heavy atom. The highest BCUT2D eigenvalue weighted by molar-refractivity contribution is 5.87. The molecule has 0 spiro atoms. The molecule has 21 heavy (non-hydrogen) atoms. The Bertz CT molecular complexity index is 887. The standard InChI is InChI=1S/C17H9N3O/c18-9-12-5-7-14(8-6-12)21-17-13(10-19)11-20-16-4-2-1-3-15(16)17/h1-8,11H. The lowest BCUT2D eigenvalue weighted by Gasteiger charge is -2.10. The first-order valence-corrected chi connectivity index (χ1v) is 6.27. The predicted octanol–water partition coefficient (Wildman–Crippen LogP) is 3.77. The first kappa shape index (κ1) is 12.7. The van der Waals surface area contributed by atoms with Gasteiger partial charge in [0.25, 0.3) is 0 Å². The fraction of sp³-hybridized carbons (Fsp3) is 0. The van der Waals surface area contributed by atoms with Gasteiger partial charge < -0.3 is 4.74 Å². The molecule has 0 aliphatic rings. The number of para-hydroxylation sites is 1. The Labute approximate surface area is 121 Å². The van der Waals surface area contributed by atoms with Crippen LogP contribution < -0.4 is 4.74 Å². The van der Waals surface area contributed by atoms with Crippen molar-refractivity contribution in [1.82, 2.24) is 4.98 Å². The maximum absolute atomic E-state index is 9.23. The molecule has 0 aliphatic heterocycles. The second-order valence-electron chi connectivity index (χ2n) is 4.37. The topological polar surface area (TPSA) is 69.7 Å². The van der Waals surface area contributed by atoms with E-state index in [-0.39, 0.29) is 0 Å². The monoisotopic (exact) mass is 271 g/mol. The van der Waals surface area contributed by atoms with E-state index in [0.29, 0.717) is 22.6 Å². The summed E-state index contributed by atoms with van der Waals surface area (Å²) in [6.07, 6.45) is 1.50. The number of ether oxygens (including phenoxy) is 1. The molecule has 0 amide bonds. The summed E-state index contributed by atoms with van der Waals surface area (Å²) < 4.78 is 5.84. The van der Waals surface area contributed by atoms with Gasteiger partial charge in [0.15, 0.2) is 5.75 Å². The second kappa shape index (κ2) is 5.32. The summed E-state index contributed by atoms with van der Waals surface area (Å²) >= 11 is 0. The first-order chi connectivity index (χ1) is 10.3. The van der Waals surface area contributed by atoms with Gasteiger partial charge in [0, 0.05) is 11.6 Å². The number of rotatable bonds is 2. The van der Waals surface area contributed by atoms with E-state index in [2.05, 4.69) is 17.1 Å². The second-order valence-corrected chi connectivity index (χ2v) is 4.37. The molecule has 0 unspecified atom stereocenters. The minimum atomic E-state index is 0.373. The quantitative estimate of drug-likeness (QED) is 0.711. The summed E-state index contributed by atoms with van der Waals surface area (Å²) in [5, 5.41) is 18.8. The van der Waals surface area contributed by atoms with Crippen molar-refractivity contribution in [3.63, 3.8) is 0 Å². The maximum Gasteiger partial charge on any atom is 0.156 e. The van der Waals surface area contributed by atoms with Crippen LogP contribution in [0.4, 0.5) is 0 Å². The molecule has 1 aromatic heterocycles. The van der Waals surface area contributed by atoms with Gasteiger partial charge in [-0.1, -0.05) is 12.1 Å². The molecule has 1 heterocycles. The average molecular weight is 271 g/mol. The van der Waals surface area contributed by atoms with Crippen LogP contribution in [0.2, 0.25) is 0 Å². The van der Waals surface area contributed by atoms with Gasteiger partial charge in [0.2, 0.25) is 0 Å². The normalized spacial score (nSPS) is 9.81. The fourth-order valence-electron chi connectivity index (χ4n) is 2.02. The Balaban J connectivity index is 2.10. The number of nitrogens with zero attached hydrogens (tertiary/aromatic N) is 3. The molecule has 0 N–H and O–H groups in total. The lowest BCUT2D eigenvalue weighted by molar-refractivity contribution is 0.486. The summed E-state index contributed by atoms with van der Waals surface area (Å²) in [4.78, 5) is 4.24. The van der Waals surface area contributed by atoms with Crippen LogP contribution in [0, 0.1) is 22.7 Å². The van der Waals surface area contributed by atoms with Crippen LogP contribution in [0.15, 0.2) is 54.7 Å². The lowest BCUT2D eigenvalue weighted by atomic mass is 10.1. The minimum absolute atomic E-state index is 0.373. The molecule has 0 atom stereocenters. The Hall–Kier alpha value is -3.37. The molecule has 3 aromatic rings. The zero-order chi connectivity index (χ0) is 14.7. The van der Waals surface area contributed by atoms with Crippen LogP contribution in [0.5, 0.6) is 11.5 Å². The first-order valence-electron chi connectivity index (χ1n) is 6.27. The zero-order valence-electron chi connectivity index (χ0n) is 10.9. The largest absolute Gasteiger partial charge is 0.455 e. The molecule has 3 rings (SSSR count). The highest BCUT2D eigenvalue weighted by Crippen LogP contribution is 2.32. The Morgan fingerprint density at radius 3 is 2.38 bits per heavy atom. The molecule has 2 aromatic carbocycles. The summed E-state index contributed by atoms with van der Waals surface area (Å²) in [6.45, 7) is 0. The van der Waals surface area contributed by atoms with Crippen molar-refractivity contribution < 1.29 is 4.74 Å². The number of fused-ring (bicyclic) bond motifs is 1. The van der Waals surface area contributed by atoms with Crippen molar-refractivity contribution in [2.75, 3.05) is 0 Å². The van der Waals surface area contributed by atoms with Crippen LogP contribution in [0.1, 0.15) is 11.1 Å². The van der Waals surface area contributed by atoms with Crippen LogP contribution in [0.3, 0.4) is 0 Å². The lowest BCUT2D eigenvalue weighted by Crippen LogP contribution is -1.92. The molecule has 0 aliphatic carbocycles. The summed E-state index contributed by atoms with van der Waals surface area (Å²) in [7, 11) is 0.